The summed E-state index contributed by atoms with van der Waals surface area (Å²) in [5.74, 6) is 0.255. The summed E-state index contributed by atoms with van der Waals surface area (Å²) < 4.78 is 10.5. The van der Waals surface area contributed by atoms with Crippen molar-refractivity contribution >= 4 is 28.8 Å². The zero-order valence-corrected chi connectivity index (χ0v) is 17.3. The Kier molecular flexibility index (Phi) is 7.94. The molecule has 1 fully saturated rings. The van der Waals surface area contributed by atoms with Crippen LogP contribution in [-0.4, -0.2) is 41.8 Å². The molecule has 29 heavy (non-hydrogen) atoms. The highest BCUT2D eigenvalue weighted by atomic mass is 32.1. The molecule has 3 rings (SSSR count). The predicted molar refractivity (Wildman–Crippen MR) is 110 cm³/mol. The third-order valence-corrected chi connectivity index (χ3v) is 5.58. The molecule has 156 valence electrons. The van der Waals surface area contributed by atoms with Gasteiger partial charge in [0.2, 0.25) is 10.9 Å². The average molecular weight is 419 g/mol. The van der Waals surface area contributed by atoms with Crippen molar-refractivity contribution in [3.05, 3.63) is 34.3 Å². The van der Waals surface area contributed by atoms with Crippen molar-refractivity contribution < 1.29 is 19.1 Å². The molecule has 9 heteroatoms. The maximum absolute atomic E-state index is 12.3. The molecule has 0 bridgehead atoms. The quantitative estimate of drug-likeness (QED) is 0.639. The standard InChI is InChI=1S/C20H26N4O4S/c1-27-16-10-8-15(9-11-16)22-19(26)20-24-23-18(29-20)13-28-12-17(25)21-14-6-4-2-3-5-7-14/h8-11,14H,2-7,12-13H2,1H3,(H,21,25)(H,22,26). The van der Waals surface area contributed by atoms with E-state index in [9.17, 15) is 9.59 Å². The van der Waals surface area contributed by atoms with E-state index in [0.717, 1.165) is 37.0 Å². The maximum atomic E-state index is 12.3. The molecule has 1 saturated carbocycles. The molecule has 2 N–H and O–H groups in total. The van der Waals surface area contributed by atoms with Gasteiger partial charge < -0.3 is 20.1 Å². The summed E-state index contributed by atoms with van der Waals surface area (Å²) in [5.41, 5.74) is 0.638. The monoisotopic (exact) mass is 418 g/mol. The summed E-state index contributed by atoms with van der Waals surface area (Å²) in [5, 5.41) is 14.4. The Morgan fingerprint density at radius 1 is 1.10 bits per heavy atom. The predicted octanol–water partition coefficient (Wildman–Crippen LogP) is 3.15. The van der Waals surface area contributed by atoms with Crippen molar-refractivity contribution in [3.63, 3.8) is 0 Å². The number of hydrogen-bond acceptors (Lipinski definition) is 7. The maximum Gasteiger partial charge on any atom is 0.286 e. The average Bonchev–Trinajstić information content (AvgIpc) is 3.05. The molecule has 0 radical (unpaired) electrons. The lowest BCUT2D eigenvalue weighted by atomic mass is 10.1. The first kappa shape index (κ1) is 21.2. The fourth-order valence-corrected chi connectivity index (χ4v) is 3.86. The van der Waals surface area contributed by atoms with E-state index in [0.29, 0.717) is 16.4 Å². The first-order valence-corrected chi connectivity index (χ1v) is 10.6. The summed E-state index contributed by atoms with van der Waals surface area (Å²) in [6.07, 6.45) is 6.89. The lowest BCUT2D eigenvalue weighted by Gasteiger charge is -2.15. The van der Waals surface area contributed by atoms with Crippen LogP contribution in [0.3, 0.4) is 0 Å². The van der Waals surface area contributed by atoms with E-state index < -0.39 is 0 Å². The first-order chi connectivity index (χ1) is 14.1. The number of hydrogen-bond donors (Lipinski definition) is 2. The van der Waals surface area contributed by atoms with E-state index in [1.807, 2.05) is 0 Å². The van der Waals surface area contributed by atoms with E-state index in [2.05, 4.69) is 20.8 Å². The van der Waals surface area contributed by atoms with Crippen molar-refractivity contribution in [3.8, 4) is 5.75 Å². The SMILES string of the molecule is COc1ccc(NC(=O)c2nnc(COCC(=O)NC3CCCCCC3)s2)cc1. The second-order valence-corrected chi connectivity index (χ2v) is 7.99. The Balaban J connectivity index is 1.41. The highest BCUT2D eigenvalue weighted by molar-refractivity contribution is 7.13. The number of nitrogens with zero attached hydrogens (tertiary/aromatic N) is 2. The van der Waals surface area contributed by atoms with Gasteiger partial charge >= 0.3 is 0 Å². The Labute approximate surface area is 174 Å². The first-order valence-electron chi connectivity index (χ1n) is 9.79. The number of benzene rings is 1. The molecule has 1 heterocycles. The number of methoxy groups -OCH3 is 1. The van der Waals surface area contributed by atoms with Gasteiger partial charge in [0.15, 0.2) is 0 Å². The van der Waals surface area contributed by atoms with E-state index >= 15 is 0 Å². The molecule has 0 aliphatic heterocycles. The van der Waals surface area contributed by atoms with Crippen LogP contribution in [0.25, 0.3) is 0 Å². The van der Waals surface area contributed by atoms with E-state index in [1.54, 1.807) is 31.4 Å². The summed E-state index contributed by atoms with van der Waals surface area (Å²) in [6, 6.07) is 7.26. The van der Waals surface area contributed by atoms with Crippen LogP contribution in [0.5, 0.6) is 5.75 Å². The molecule has 0 saturated heterocycles. The van der Waals surface area contributed by atoms with Gasteiger partial charge in [-0.3, -0.25) is 9.59 Å². The zero-order chi connectivity index (χ0) is 20.5. The van der Waals surface area contributed by atoms with Crippen molar-refractivity contribution in [1.29, 1.82) is 0 Å². The van der Waals surface area contributed by atoms with Gasteiger partial charge in [-0.1, -0.05) is 37.0 Å². The molecule has 2 amide bonds. The molecule has 0 atom stereocenters. The van der Waals surface area contributed by atoms with E-state index in [4.69, 9.17) is 9.47 Å². The van der Waals surface area contributed by atoms with Crippen molar-refractivity contribution in [2.45, 2.75) is 51.2 Å². The summed E-state index contributed by atoms with van der Waals surface area (Å²) >= 11 is 1.14. The minimum Gasteiger partial charge on any atom is -0.497 e. The minimum atomic E-state index is -0.343. The lowest BCUT2D eigenvalue weighted by molar-refractivity contribution is -0.126. The number of carbonyl (C=O) groups excluding carboxylic acids is 2. The number of ether oxygens (including phenoxy) is 2. The Bertz CT molecular complexity index is 801. The molecule has 1 aromatic carbocycles. The third kappa shape index (κ3) is 6.79. The van der Waals surface area contributed by atoms with Gasteiger partial charge in [0.05, 0.1) is 7.11 Å². The normalized spacial score (nSPS) is 14.8. The van der Waals surface area contributed by atoms with Crippen LogP contribution in [0.2, 0.25) is 0 Å². The van der Waals surface area contributed by atoms with Crippen molar-refractivity contribution in [2.24, 2.45) is 0 Å². The summed E-state index contributed by atoms with van der Waals surface area (Å²) in [7, 11) is 1.58. The van der Waals surface area contributed by atoms with E-state index in [-0.39, 0.29) is 36.1 Å². The van der Waals surface area contributed by atoms with Crippen LogP contribution >= 0.6 is 11.3 Å². The molecule has 1 aromatic heterocycles. The number of aromatic nitrogens is 2. The molecule has 8 nitrogen and oxygen atoms in total. The van der Waals surface area contributed by atoms with Crippen LogP contribution in [0.4, 0.5) is 5.69 Å². The Morgan fingerprint density at radius 2 is 1.83 bits per heavy atom. The van der Waals surface area contributed by atoms with Crippen LogP contribution in [0.1, 0.15) is 53.3 Å². The Hall–Kier alpha value is -2.52. The van der Waals surface area contributed by atoms with Gasteiger partial charge in [0, 0.05) is 11.7 Å². The van der Waals surface area contributed by atoms with Crippen LogP contribution in [0, 0.1) is 0 Å². The van der Waals surface area contributed by atoms with Crippen LogP contribution < -0.4 is 15.4 Å². The van der Waals surface area contributed by atoms with Crippen LogP contribution in [-0.2, 0) is 16.1 Å². The Morgan fingerprint density at radius 3 is 2.52 bits per heavy atom. The smallest absolute Gasteiger partial charge is 0.286 e. The lowest BCUT2D eigenvalue weighted by Crippen LogP contribution is -2.36. The highest BCUT2D eigenvalue weighted by Gasteiger charge is 2.16. The number of nitrogens with one attached hydrogen (secondary N) is 2. The second kappa shape index (κ2) is 10.9. The van der Waals surface area contributed by atoms with Gasteiger partial charge in [0.25, 0.3) is 5.91 Å². The minimum absolute atomic E-state index is 0.0243. The molecule has 0 unspecified atom stereocenters. The fourth-order valence-electron chi connectivity index (χ4n) is 3.19. The van der Waals surface area contributed by atoms with Crippen molar-refractivity contribution in [2.75, 3.05) is 19.0 Å². The number of amides is 2. The molecule has 1 aliphatic carbocycles. The molecule has 1 aliphatic rings. The molecular formula is C20H26N4O4S. The van der Waals surface area contributed by atoms with Gasteiger partial charge in [-0.25, -0.2) is 0 Å². The topological polar surface area (TPSA) is 102 Å². The molecule has 2 aromatic rings. The van der Waals surface area contributed by atoms with Crippen LogP contribution in [0.15, 0.2) is 24.3 Å². The summed E-state index contributed by atoms with van der Waals surface area (Å²) in [6.45, 7) is 0.120. The number of anilines is 1. The molecule has 0 spiro atoms. The van der Waals surface area contributed by atoms with E-state index in [1.165, 1.54) is 12.8 Å². The third-order valence-electron chi connectivity index (χ3n) is 4.69. The summed E-state index contributed by atoms with van der Waals surface area (Å²) in [4.78, 5) is 24.3. The van der Waals surface area contributed by atoms with Crippen molar-refractivity contribution in [1.82, 2.24) is 15.5 Å². The number of carbonyl (C=O) groups is 2. The van der Waals surface area contributed by atoms with Gasteiger partial charge in [-0.15, -0.1) is 10.2 Å². The highest BCUT2D eigenvalue weighted by Crippen LogP contribution is 2.18. The largest absolute Gasteiger partial charge is 0.497 e. The second-order valence-electron chi connectivity index (χ2n) is 6.93. The molecular weight excluding hydrogens is 392 g/mol. The van der Waals surface area contributed by atoms with Gasteiger partial charge in [-0.05, 0) is 37.1 Å². The zero-order valence-electron chi connectivity index (χ0n) is 16.5. The van der Waals surface area contributed by atoms with Gasteiger partial charge in [0.1, 0.15) is 24.0 Å². The fraction of sp³-hybridized carbons (Fsp3) is 0.500. The number of rotatable bonds is 8. The van der Waals surface area contributed by atoms with Gasteiger partial charge in [-0.2, -0.15) is 0 Å².